The van der Waals surface area contributed by atoms with Crippen LogP contribution in [0.3, 0.4) is 0 Å². The van der Waals surface area contributed by atoms with Gasteiger partial charge in [0.1, 0.15) is 0 Å². The largest absolute Gasteiger partial charge is 2.00 e. The molecule has 12 rings (SSSR count). The van der Waals surface area contributed by atoms with Crippen LogP contribution < -0.4 is 24.8 Å². The SMILES string of the molecule is Cc1cc2c(-c3ccccc3)cccc2[cH-]1.Cc1cc2c(-c3ccccc3)cccc2[cH-]1.Cc1cc2c(-c3ccccc3)cccc2[cH-]1.Cc1cc2c(-c3ccccc3)cccc2[cH-]1.[Cl-].[Cl-].[Zr+2].[Zr+2]. The van der Waals surface area contributed by atoms with Gasteiger partial charge < -0.3 is 24.8 Å². The fourth-order valence-electron chi connectivity index (χ4n) is 9.02. The van der Waals surface area contributed by atoms with Gasteiger partial charge in [0.25, 0.3) is 0 Å². The van der Waals surface area contributed by atoms with E-state index < -0.39 is 0 Å². The molecule has 12 aromatic carbocycles. The van der Waals surface area contributed by atoms with E-state index in [4.69, 9.17) is 0 Å². The van der Waals surface area contributed by atoms with Crippen molar-refractivity contribution >= 4 is 43.1 Å². The molecule has 0 bridgehead atoms. The first-order valence-corrected chi connectivity index (χ1v) is 22.2. The normalized spacial score (nSPS) is 10.2. The second-order valence-corrected chi connectivity index (χ2v) is 16.8. The van der Waals surface area contributed by atoms with Crippen LogP contribution in [0.1, 0.15) is 22.3 Å². The van der Waals surface area contributed by atoms with Gasteiger partial charge in [-0.3, -0.25) is 0 Å². The van der Waals surface area contributed by atoms with E-state index in [9.17, 15) is 0 Å². The maximum atomic E-state index is 2.26. The van der Waals surface area contributed by atoms with Crippen molar-refractivity contribution < 1.29 is 77.2 Å². The molecule has 332 valence electrons. The van der Waals surface area contributed by atoms with Gasteiger partial charge in [-0.05, 0) is 22.3 Å². The molecule has 0 nitrogen and oxygen atoms in total. The van der Waals surface area contributed by atoms with Gasteiger partial charge in [-0.25, -0.2) is 0 Å². The maximum Gasteiger partial charge on any atom is 2.00 e. The summed E-state index contributed by atoms with van der Waals surface area (Å²) < 4.78 is 0. The van der Waals surface area contributed by atoms with E-state index in [2.05, 4.69) is 270 Å². The Balaban J connectivity index is 0.000000166. The zero-order chi connectivity index (χ0) is 43.8. The molecule has 0 amide bonds. The molecule has 0 N–H and O–H groups in total. The van der Waals surface area contributed by atoms with Crippen molar-refractivity contribution in [1.29, 1.82) is 0 Å². The van der Waals surface area contributed by atoms with Crippen molar-refractivity contribution in [2.24, 2.45) is 0 Å². The number of fused-ring (bicyclic) bond motifs is 4. The predicted molar refractivity (Wildman–Crippen MR) is 279 cm³/mol. The second-order valence-electron chi connectivity index (χ2n) is 16.8. The third kappa shape index (κ3) is 12.6. The molecule has 0 spiro atoms. The van der Waals surface area contributed by atoms with E-state index in [0.29, 0.717) is 0 Å². The van der Waals surface area contributed by atoms with Gasteiger partial charge >= 0.3 is 52.4 Å². The summed E-state index contributed by atoms with van der Waals surface area (Å²) in [6.07, 6.45) is 0. The Morgan fingerprint density at radius 3 is 0.618 bits per heavy atom. The molecule has 0 aliphatic heterocycles. The van der Waals surface area contributed by atoms with Gasteiger partial charge in [0.15, 0.2) is 0 Å². The quantitative estimate of drug-likeness (QED) is 0.154. The Hall–Kier alpha value is -5.45. The summed E-state index contributed by atoms with van der Waals surface area (Å²) in [5.74, 6) is 0. The van der Waals surface area contributed by atoms with Crippen molar-refractivity contribution in [3.63, 3.8) is 0 Å². The van der Waals surface area contributed by atoms with Gasteiger partial charge in [-0.1, -0.05) is 196 Å². The summed E-state index contributed by atoms with van der Waals surface area (Å²) in [7, 11) is 0. The van der Waals surface area contributed by atoms with Crippen molar-refractivity contribution in [2.75, 3.05) is 0 Å². The Labute approximate surface area is 453 Å². The molecular weight excluding hydrogens is 1020 g/mol. The van der Waals surface area contributed by atoms with Crippen molar-refractivity contribution in [1.82, 2.24) is 0 Å². The van der Waals surface area contributed by atoms with Crippen LogP contribution in [0.4, 0.5) is 0 Å². The van der Waals surface area contributed by atoms with Crippen LogP contribution in [0.2, 0.25) is 0 Å². The summed E-state index contributed by atoms with van der Waals surface area (Å²) in [6.45, 7) is 8.59. The third-order valence-corrected chi connectivity index (χ3v) is 11.9. The van der Waals surface area contributed by atoms with Gasteiger partial charge in [0.2, 0.25) is 0 Å². The second kappa shape index (κ2) is 25.2. The minimum absolute atomic E-state index is 0. The number of aryl methyl sites for hydroxylation is 4. The average molecular weight is 1070 g/mol. The monoisotopic (exact) mass is 1070 g/mol. The summed E-state index contributed by atoms with van der Waals surface area (Å²) >= 11 is 0. The Morgan fingerprint density at radius 2 is 0.426 bits per heavy atom. The van der Waals surface area contributed by atoms with Crippen LogP contribution in [0.5, 0.6) is 0 Å². The third-order valence-electron chi connectivity index (χ3n) is 11.9. The predicted octanol–water partition coefficient (Wildman–Crippen LogP) is 12.1. The van der Waals surface area contributed by atoms with Crippen LogP contribution in [-0.4, -0.2) is 0 Å². The van der Waals surface area contributed by atoms with E-state index in [1.54, 1.807) is 0 Å². The molecule has 0 atom stereocenters. The molecule has 0 aliphatic rings. The Bertz CT molecular complexity index is 2950. The summed E-state index contributed by atoms with van der Waals surface area (Å²) in [5, 5.41) is 10.7. The number of rotatable bonds is 4. The van der Waals surface area contributed by atoms with Crippen LogP contribution >= 0.6 is 0 Å². The number of benzene rings is 8. The van der Waals surface area contributed by atoms with Crippen molar-refractivity contribution in [2.45, 2.75) is 27.7 Å². The molecule has 0 saturated heterocycles. The van der Waals surface area contributed by atoms with Gasteiger partial charge in [-0.2, -0.15) is 24.3 Å². The molecule has 68 heavy (non-hydrogen) atoms. The van der Waals surface area contributed by atoms with Crippen molar-refractivity contribution in [3.8, 4) is 44.5 Å². The molecule has 12 aromatic rings. The van der Waals surface area contributed by atoms with E-state index in [-0.39, 0.29) is 77.2 Å². The topological polar surface area (TPSA) is 0 Å². The molecule has 0 radical (unpaired) electrons. The zero-order valence-electron chi connectivity index (χ0n) is 38.8. The standard InChI is InChI=1S/4C16H13.2ClH.2Zr/c4*1-12-10-14-8-5-9-15(16(14)11-12)13-6-3-2-4-7-13;;;;/h4*2-11H,1H3;2*1H;;/q4*-1;;;2*+2/p-2. The average Bonchev–Trinajstić information content (AvgIpc) is 4.13. The van der Waals surface area contributed by atoms with Crippen LogP contribution in [-0.2, 0) is 52.4 Å². The maximum absolute atomic E-state index is 2.26. The minimum atomic E-state index is 0. The number of halogens is 2. The smallest absolute Gasteiger partial charge is 1.00 e. The molecule has 0 fully saturated rings. The fraction of sp³-hybridized carbons (Fsp3) is 0.0625. The van der Waals surface area contributed by atoms with E-state index >= 15 is 0 Å². The van der Waals surface area contributed by atoms with Crippen LogP contribution in [0.25, 0.3) is 87.6 Å². The molecule has 0 heterocycles. The first-order valence-electron chi connectivity index (χ1n) is 22.2. The van der Waals surface area contributed by atoms with Crippen molar-refractivity contribution in [3.05, 3.63) is 265 Å². The first-order chi connectivity index (χ1) is 31.4. The first kappa shape index (κ1) is 53.5. The molecule has 0 unspecified atom stereocenters. The van der Waals surface area contributed by atoms with Gasteiger partial charge in [0.05, 0.1) is 0 Å². The molecular formula is C64H52Cl2Zr2-2. The van der Waals surface area contributed by atoms with Gasteiger partial charge in [-0.15, -0.1) is 138 Å². The summed E-state index contributed by atoms with van der Waals surface area (Å²) in [5.41, 5.74) is 15.8. The van der Waals surface area contributed by atoms with E-state index in [1.807, 2.05) is 0 Å². The molecule has 0 saturated carbocycles. The van der Waals surface area contributed by atoms with E-state index in [1.165, 1.54) is 110 Å². The molecule has 4 heteroatoms. The Kier molecular flexibility index (Phi) is 19.9. The Morgan fingerprint density at radius 1 is 0.235 bits per heavy atom. The van der Waals surface area contributed by atoms with Crippen LogP contribution in [0, 0.1) is 27.7 Å². The minimum Gasteiger partial charge on any atom is -1.00 e. The van der Waals surface area contributed by atoms with Gasteiger partial charge in [0, 0.05) is 0 Å². The summed E-state index contributed by atoms with van der Waals surface area (Å²) in [4.78, 5) is 0. The van der Waals surface area contributed by atoms with Crippen LogP contribution in [0.15, 0.2) is 243 Å². The summed E-state index contributed by atoms with van der Waals surface area (Å²) in [6, 6.07) is 86.2. The van der Waals surface area contributed by atoms with E-state index in [0.717, 1.165) is 0 Å². The molecule has 0 aliphatic carbocycles. The zero-order valence-corrected chi connectivity index (χ0v) is 45.3. The number of hydrogen-bond donors (Lipinski definition) is 0. The fourth-order valence-corrected chi connectivity index (χ4v) is 9.02. The molecule has 0 aromatic heterocycles. The number of hydrogen-bond acceptors (Lipinski definition) is 0.